The van der Waals surface area contributed by atoms with Gasteiger partial charge in [-0.25, -0.2) is 4.99 Å². The lowest BCUT2D eigenvalue weighted by Gasteiger charge is -2.30. The largest absolute Gasteiger partial charge is 0.272 e. The molecule has 0 saturated carbocycles. The summed E-state index contributed by atoms with van der Waals surface area (Å²) in [5.41, 5.74) is 5.18. The van der Waals surface area contributed by atoms with Crippen LogP contribution in [0.2, 0.25) is 10.0 Å². The molecule has 1 unspecified atom stereocenters. The molecule has 0 amide bonds. The van der Waals surface area contributed by atoms with Gasteiger partial charge in [-0.2, -0.15) is 0 Å². The van der Waals surface area contributed by atoms with Crippen LogP contribution < -0.4 is 14.9 Å². The minimum atomic E-state index is -0.493. The molecule has 0 fully saturated rings. The van der Waals surface area contributed by atoms with Crippen LogP contribution in [0, 0.1) is 10.1 Å². The van der Waals surface area contributed by atoms with Gasteiger partial charge in [-0.3, -0.25) is 19.5 Å². The van der Waals surface area contributed by atoms with Crippen LogP contribution in [0.15, 0.2) is 82.1 Å². The Morgan fingerprint density at radius 3 is 2.69 bits per heavy atom. The third kappa shape index (κ3) is 3.80. The molecular weight excluding hydrogens is 517 g/mol. The fourth-order valence-electron chi connectivity index (χ4n) is 4.89. The Bertz CT molecular complexity index is 1790. The van der Waals surface area contributed by atoms with Crippen LogP contribution >= 0.6 is 34.5 Å². The Morgan fingerprint density at radius 2 is 1.89 bits per heavy atom. The second kappa shape index (κ2) is 8.85. The normalized spacial score (nSPS) is 16.7. The monoisotopic (exact) mass is 533 g/mol. The van der Waals surface area contributed by atoms with Crippen molar-refractivity contribution in [2.45, 2.75) is 18.9 Å². The molecule has 9 heteroatoms. The number of aromatic nitrogens is 1. The van der Waals surface area contributed by atoms with E-state index in [-0.39, 0.29) is 11.2 Å². The van der Waals surface area contributed by atoms with E-state index in [1.807, 2.05) is 24.3 Å². The first-order chi connectivity index (χ1) is 17.4. The van der Waals surface area contributed by atoms with Gasteiger partial charge in [-0.15, -0.1) is 0 Å². The van der Waals surface area contributed by atoms with E-state index in [2.05, 4.69) is 6.07 Å². The number of thiazole rings is 1. The fourth-order valence-corrected chi connectivity index (χ4v) is 6.35. The highest BCUT2D eigenvalue weighted by Crippen LogP contribution is 2.41. The molecule has 6 nitrogen and oxygen atoms in total. The third-order valence-electron chi connectivity index (χ3n) is 6.52. The number of nitrogens with zero attached hydrogens (tertiary/aromatic N) is 3. The van der Waals surface area contributed by atoms with Crippen molar-refractivity contribution in [3.05, 3.63) is 134 Å². The van der Waals surface area contributed by atoms with E-state index >= 15 is 0 Å². The highest BCUT2D eigenvalue weighted by Gasteiger charge is 2.33. The Kier molecular flexibility index (Phi) is 5.63. The van der Waals surface area contributed by atoms with Crippen LogP contribution in [-0.4, -0.2) is 9.49 Å². The molecule has 4 aromatic rings. The molecule has 36 heavy (non-hydrogen) atoms. The molecule has 1 aromatic heterocycles. The summed E-state index contributed by atoms with van der Waals surface area (Å²) in [5, 5.41) is 12.5. The first-order valence-electron chi connectivity index (χ1n) is 11.2. The van der Waals surface area contributed by atoms with Gasteiger partial charge in [0.05, 0.1) is 21.2 Å². The van der Waals surface area contributed by atoms with Crippen molar-refractivity contribution >= 4 is 52.0 Å². The molecule has 0 N–H and O–H groups in total. The average Bonchev–Trinajstić information content (AvgIpc) is 3.19. The molecule has 1 aliphatic heterocycles. The van der Waals surface area contributed by atoms with Crippen LogP contribution in [-0.2, 0) is 6.42 Å². The molecule has 6 rings (SSSR count). The molecule has 0 radical (unpaired) electrons. The van der Waals surface area contributed by atoms with Gasteiger partial charge in [0.25, 0.3) is 11.2 Å². The molecule has 0 spiro atoms. The van der Waals surface area contributed by atoms with Crippen LogP contribution in [0.5, 0.6) is 0 Å². The first-order valence-corrected chi connectivity index (χ1v) is 12.8. The maximum atomic E-state index is 13.8. The van der Waals surface area contributed by atoms with Gasteiger partial charge in [0, 0.05) is 27.7 Å². The summed E-state index contributed by atoms with van der Waals surface area (Å²) in [6, 6.07) is 19.2. The van der Waals surface area contributed by atoms with Gasteiger partial charge < -0.3 is 0 Å². The van der Waals surface area contributed by atoms with Gasteiger partial charge in [-0.1, -0.05) is 77.0 Å². The standard InChI is InChI=1S/C27H17Cl2N3O3S/c28-18-10-8-16(22(29)14-18)13-23-26(33)31-25(17-5-3-6-19(12-17)32(34)35)21-11-9-15-4-1-2-7-20(15)24(21)30-27(31)36-23/h1-8,10,12-14,25H,9,11H2. The topological polar surface area (TPSA) is 77.5 Å². The lowest BCUT2D eigenvalue weighted by molar-refractivity contribution is -0.384. The lowest BCUT2D eigenvalue weighted by Crippen LogP contribution is -2.38. The Morgan fingerprint density at radius 1 is 1.06 bits per heavy atom. The molecule has 3 aromatic carbocycles. The van der Waals surface area contributed by atoms with Crippen LogP contribution in [0.4, 0.5) is 5.69 Å². The number of hydrogen-bond acceptors (Lipinski definition) is 5. The molecule has 0 bridgehead atoms. The summed E-state index contributed by atoms with van der Waals surface area (Å²) in [4.78, 5) is 30.4. The van der Waals surface area contributed by atoms with E-state index in [9.17, 15) is 14.9 Å². The quantitative estimate of drug-likeness (QED) is 0.256. The Balaban J connectivity index is 1.63. The number of nitro groups is 1. The van der Waals surface area contributed by atoms with Gasteiger partial charge in [0.15, 0.2) is 4.80 Å². The second-order valence-corrected chi connectivity index (χ2v) is 10.5. The van der Waals surface area contributed by atoms with Gasteiger partial charge in [0.2, 0.25) is 0 Å². The predicted octanol–water partition coefficient (Wildman–Crippen LogP) is 5.53. The van der Waals surface area contributed by atoms with Crippen molar-refractivity contribution in [3.8, 4) is 0 Å². The number of nitro benzene ring substituents is 1. The summed E-state index contributed by atoms with van der Waals surface area (Å²) in [6.45, 7) is 0. The number of non-ortho nitro benzene ring substituents is 1. The van der Waals surface area contributed by atoms with Gasteiger partial charge >= 0.3 is 0 Å². The third-order valence-corrected chi connectivity index (χ3v) is 8.06. The maximum Gasteiger partial charge on any atom is 0.271 e. The summed E-state index contributed by atoms with van der Waals surface area (Å²) in [7, 11) is 0. The molecule has 2 heterocycles. The van der Waals surface area contributed by atoms with Crippen LogP contribution in [0.1, 0.15) is 34.7 Å². The number of rotatable bonds is 3. The highest BCUT2D eigenvalue weighted by molar-refractivity contribution is 7.07. The van der Waals surface area contributed by atoms with E-state index in [0.717, 1.165) is 23.3 Å². The minimum Gasteiger partial charge on any atom is -0.272 e. The molecule has 0 saturated heterocycles. The van der Waals surface area contributed by atoms with Crippen molar-refractivity contribution < 1.29 is 4.92 Å². The molecule has 178 valence electrons. The van der Waals surface area contributed by atoms with Crippen molar-refractivity contribution in [2.24, 2.45) is 4.99 Å². The Hall–Kier alpha value is -3.52. The number of hydrogen-bond donors (Lipinski definition) is 0. The smallest absolute Gasteiger partial charge is 0.271 e. The summed E-state index contributed by atoms with van der Waals surface area (Å²) in [6.07, 6.45) is 3.25. The lowest BCUT2D eigenvalue weighted by atomic mass is 9.83. The highest BCUT2D eigenvalue weighted by atomic mass is 35.5. The summed E-state index contributed by atoms with van der Waals surface area (Å²) < 4.78 is 2.13. The van der Waals surface area contributed by atoms with E-state index in [4.69, 9.17) is 28.2 Å². The summed E-state index contributed by atoms with van der Waals surface area (Å²) in [5.74, 6) is 0. The molecule has 1 atom stereocenters. The maximum absolute atomic E-state index is 13.8. The van der Waals surface area contributed by atoms with Crippen molar-refractivity contribution in [2.75, 3.05) is 0 Å². The fraction of sp³-hybridized carbons (Fsp3) is 0.111. The number of aryl methyl sites for hydroxylation is 1. The SMILES string of the molecule is O=c1c(=Cc2ccc(Cl)cc2Cl)sc2n1C(c1cccc([N+](=O)[O-])c1)C1=C(N=2)c2ccccc2CC1. The van der Waals surface area contributed by atoms with Gasteiger partial charge in [-0.05, 0) is 53.3 Å². The number of allylic oxidation sites excluding steroid dienone is 1. The van der Waals surface area contributed by atoms with Crippen molar-refractivity contribution in [3.63, 3.8) is 0 Å². The van der Waals surface area contributed by atoms with E-state index in [1.165, 1.54) is 23.0 Å². The molecule has 1 aliphatic carbocycles. The number of fused-ring (bicyclic) bond motifs is 3. The second-order valence-electron chi connectivity index (χ2n) is 8.63. The molecule has 2 aliphatic rings. The molecular formula is C27H17Cl2N3O3S. The zero-order valence-corrected chi connectivity index (χ0v) is 21.0. The average molecular weight is 534 g/mol. The zero-order valence-electron chi connectivity index (χ0n) is 18.7. The minimum absolute atomic E-state index is 0.0158. The van der Waals surface area contributed by atoms with Crippen LogP contribution in [0.25, 0.3) is 11.8 Å². The van der Waals surface area contributed by atoms with E-state index < -0.39 is 11.0 Å². The Labute approximate surface area is 219 Å². The predicted molar refractivity (Wildman–Crippen MR) is 142 cm³/mol. The van der Waals surface area contributed by atoms with Crippen molar-refractivity contribution in [1.29, 1.82) is 0 Å². The van der Waals surface area contributed by atoms with E-state index in [1.54, 1.807) is 41.0 Å². The van der Waals surface area contributed by atoms with E-state index in [0.29, 0.717) is 36.9 Å². The van der Waals surface area contributed by atoms with Crippen molar-refractivity contribution in [1.82, 2.24) is 4.57 Å². The number of benzene rings is 3. The zero-order chi connectivity index (χ0) is 25.0. The first kappa shape index (κ1) is 22.9. The van der Waals surface area contributed by atoms with Crippen LogP contribution in [0.3, 0.4) is 0 Å². The van der Waals surface area contributed by atoms with Gasteiger partial charge in [0.1, 0.15) is 0 Å². The number of halogens is 2. The summed E-state index contributed by atoms with van der Waals surface area (Å²) >= 11 is 13.7.